The fourth-order valence-corrected chi connectivity index (χ4v) is 4.37. The maximum absolute atomic E-state index is 12.9. The molecule has 2 aromatic rings. The smallest absolute Gasteiger partial charge is 0.282 e. The molecular weight excluding hydrogens is 396 g/mol. The number of hydrogen-bond acceptors (Lipinski definition) is 6. The van der Waals surface area contributed by atoms with Crippen LogP contribution >= 0.6 is 0 Å². The predicted octanol–water partition coefficient (Wildman–Crippen LogP) is 3.56. The van der Waals surface area contributed by atoms with Crippen molar-refractivity contribution in [1.29, 1.82) is 0 Å². The summed E-state index contributed by atoms with van der Waals surface area (Å²) in [6.45, 7) is 4.71. The molecule has 8 heteroatoms. The van der Waals surface area contributed by atoms with Gasteiger partial charge in [-0.1, -0.05) is 0 Å². The monoisotopic (exact) mass is 424 g/mol. The summed E-state index contributed by atoms with van der Waals surface area (Å²) >= 11 is 0. The highest BCUT2D eigenvalue weighted by molar-refractivity contribution is 5.99. The van der Waals surface area contributed by atoms with Crippen molar-refractivity contribution in [3.8, 4) is 5.75 Å². The molecule has 2 aromatic carbocycles. The zero-order valence-corrected chi connectivity index (χ0v) is 17.8. The van der Waals surface area contributed by atoms with Gasteiger partial charge in [0.2, 0.25) is 0 Å². The van der Waals surface area contributed by atoms with Gasteiger partial charge in [0.25, 0.3) is 11.6 Å². The molecule has 2 aliphatic rings. The molecule has 0 N–H and O–H groups in total. The van der Waals surface area contributed by atoms with Gasteiger partial charge in [0.1, 0.15) is 11.3 Å². The molecule has 0 saturated carbocycles. The van der Waals surface area contributed by atoms with Gasteiger partial charge in [-0.2, -0.15) is 0 Å². The average Bonchev–Trinajstić information content (AvgIpc) is 3.23. The molecule has 2 aliphatic heterocycles. The number of carbonyl (C=O) groups excluding carboxylic acids is 1. The summed E-state index contributed by atoms with van der Waals surface area (Å²) in [4.78, 5) is 30.3. The highest BCUT2D eigenvalue weighted by atomic mass is 16.6. The summed E-state index contributed by atoms with van der Waals surface area (Å²) < 4.78 is 5.24. The van der Waals surface area contributed by atoms with Gasteiger partial charge in [-0.15, -0.1) is 0 Å². The lowest BCUT2D eigenvalue weighted by Gasteiger charge is -2.25. The lowest BCUT2D eigenvalue weighted by molar-refractivity contribution is -0.385. The van der Waals surface area contributed by atoms with Crippen LogP contribution in [0.5, 0.6) is 5.75 Å². The van der Waals surface area contributed by atoms with Crippen LogP contribution in [0.1, 0.15) is 29.6 Å². The zero-order chi connectivity index (χ0) is 21.8. The summed E-state index contributed by atoms with van der Waals surface area (Å²) in [5.74, 6) is 0.599. The lowest BCUT2D eigenvalue weighted by atomic mass is 10.1. The van der Waals surface area contributed by atoms with E-state index in [-0.39, 0.29) is 17.2 Å². The fraction of sp³-hybridized carbons (Fsp3) is 0.435. The fourth-order valence-electron chi connectivity index (χ4n) is 4.37. The maximum atomic E-state index is 12.9. The van der Waals surface area contributed by atoms with Gasteiger partial charge in [0.15, 0.2) is 0 Å². The average molecular weight is 425 g/mol. The van der Waals surface area contributed by atoms with E-state index < -0.39 is 4.92 Å². The second-order valence-corrected chi connectivity index (χ2v) is 7.98. The molecule has 4 rings (SSSR count). The van der Waals surface area contributed by atoms with Crippen LogP contribution in [0.4, 0.5) is 17.1 Å². The third-order valence-corrected chi connectivity index (χ3v) is 6.10. The summed E-state index contributed by atoms with van der Waals surface area (Å²) in [5.41, 5.74) is 2.09. The van der Waals surface area contributed by atoms with Crippen LogP contribution in [0.25, 0.3) is 0 Å². The third-order valence-electron chi connectivity index (χ3n) is 6.10. The van der Waals surface area contributed by atoms with Gasteiger partial charge >= 0.3 is 0 Å². The molecule has 2 saturated heterocycles. The molecular formula is C23H28N4O4. The normalized spacial score (nSPS) is 16.9. The first-order valence-electron chi connectivity index (χ1n) is 10.8. The Morgan fingerprint density at radius 3 is 2.10 bits per heavy atom. The number of methoxy groups -OCH3 is 1. The van der Waals surface area contributed by atoms with E-state index in [2.05, 4.69) is 21.9 Å². The van der Waals surface area contributed by atoms with Crippen LogP contribution < -0.4 is 14.5 Å². The number of nitrogens with zero attached hydrogens (tertiary/aromatic N) is 4. The number of likely N-dealkylation sites (tertiary alicyclic amines) is 1. The van der Waals surface area contributed by atoms with Gasteiger partial charge < -0.3 is 19.4 Å². The van der Waals surface area contributed by atoms with Crippen molar-refractivity contribution in [3.63, 3.8) is 0 Å². The van der Waals surface area contributed by atoms with Crippen molar-refractivity contribution in [3.05, 3.63) is 58.1 Å². The van der Waals surface area contributed by atoms with Crippen LogP contribution in [-0.2, 0) is 0 Å². The van der Waals surface area contributed by atoms with E-state index in [0.29, 0.717) is 13.1 Å². The maximum Gasteiger partial charge on any atom is 0.282 e. The van der Waals surface area contributed by atoms with Crippen molar-refractivity contribution in [1.82, 2.24) is 4.90 Å². The number of hydrogen-bond donors (Lipinski definition) is 0. The minimum Gasteiger partial charge on any atom is -0.497 e. The van der Waals surface area contributed by atoms with Crippen LogP contribution in [0, 0.1) is 10.1 Å². The first-order chi connectivity index (χ1) is 15.1. The van der Waals surface area contributed by atoms with E-state index >= 15 is 0 Å². The molecule has 0 aromatic heterocycles. The summed E-state index contributed by atoms with van der Waals surface area (Å²) in [5, 5.41) is 11.5. The molecule has 0 spiro atoms. The van der Waals surface area contributed by atoms with E-state index in [1.54, 1.807) is 24.1 Å². The van der Waals surface area contributed by atoms with Crippen LogP contribution in [0.3, 0.4) is 0 Å². The lowest BCUT2D eigenvalue weighted by Crippen LogP contribution is -2.31. The Balaban J connectivity index is 1.52. The molecule has 0 aliphatic carbocycles. The summed E-state index contributed by atoms with van der Waals surface area (Å²) in [6, 6.07) is 13.0. The standard InChI is InChI=1S/C23H28N4O4/c1-31-20-8-5-18(6-9-20)24-13-4-14-25(16-15-24)19-7-10-22(27(29)30)21(17-19)23(28)26-11-2-3-12-26/h5-10,17H,2-4,11-16H2,1H3. The SMILES string of the molecule is COc1ccc(N2CCCN(c3ccc([N+](=O)[O-])c(C(=O)N4CCCC4)c3)CC2)cc1. The van der Waals surface area contributed by atoms with Crippen molar-refractivity contribution >= 4 is 23.0 Å². The van der Waals surface area contributed by atoms with Crippen molar-refractivity contribution in [2.45, 2.75) is 19.3 Å². The van der Waals surface area contributed by atoms with Crippen molar-refractivity contribution in [2.75, 3.05) is 56.2 Å². The number of benzene rings is 2. The first-order valence-corrected chi connectivity index (χ1v) is 10.8. The number of rotatable bonds is 5. The minimum atomic E-state index is -0.457. The third kappa shape index (κ3) is 4.57. The second kappa shape index (κ2) is 9.24. The Kier molecular flexibility index (Phi) is 6.25. The first kappa shape index (κ1) is 21.0. The van der Waals surface area contributed by atoms with E-state index in [9.17, 15) is 14.9 Å². The molecule has 2 fully saturated rings. The van der Waals surface area contributed by atoms with E-state index in [1.165, 1.54) is 6.07 Å². The molecule has 0 radical (unpaired) electrons. The van der Waals surface area contributed by atoms with Gasteiger partial charge in [0, 0.05) is 56.7 Å². The highest BCUT2D eigenvalue weighted by Gasteiger charge is 2.28. The Labute approximate surface area is 182 Å². The van der Waals surface area contributed by atoms with Gasteiger partial charge in [0.05, 0.1) is 12.0 Å². The molecule has 0 unspecified atom stereocenters. The molecule has 1 amide bonds. The van der Waals surface area contributed by atoms with E-state index in [4.69, 9.17) is 4.74 Å². The van der Waals surface area contributed by atoms with Crippen LogP contribution in [-0.4, -0.2) is 62.1 Å². The molecule has 0 atom stereocenters. The summed E-state index contributed by atoms with van der Waals surface area (Å²) in [6.07, 6.45) is 2.86. The van der Waals surface area contributed by atoms with E-state index in [0.717, 1.165) is 62.6 Å². The second-order valence-electron chi connectivity index (χ2n) is 7.98. The zero-order valence-electron chi connectivity index (χ0n) is 17.8. The van der Waals surface area contributed by atoms with Crippen LogP contribution in [0.2, 0.25) is 0 Å². The van der Waals surface area contributed by atoms with Crippen molar-refractivity contribution in [2.24, 2.45) is 0 Å². The quantitative estimate of drug-likeness (QED) is 0.539. The number of anilines is 2. The molecule has 8 nitrogen and oxygen atoms in total. The Morgan fingerprint density at radius 1 is 0.871 bits per heavy atom. The van der Waals surface area contributed by atoms with Crippen molar-refractivity contribution < 1.29 is 14.5 Å². The van der Waals surface area contributed by atoms with Gasteiger partial charge in [-0.3, -0.25) is 14.9 Å². The molecule has 0 bridgehead atoms. The Morgan fingerprint density at radius 2 is 1.48 bits per heavy atom. The number of nitro groups is 1. The molecule has 31 heavy (non-hydrogen) atoms. The number of nitro benzene ring substituents is 1. The Hall–Kier alpha value is -3.29. The highest BCUT2D eigenvalue weighted by Crippen LogP contribution is 2.29. The van der Waals surface area contributed by atoms with E-state index in [1.807, 2.05) is 12.1 Å². The Bertz CT molecular complexity index is 941. The predicted molar refractivity (Wildman–Crippen MR) is 120 cm³/mol. The number of carbonyl (C=O) groups is 1. The molecule has 2 heterocycles. The minimum absolute atomic E-state index is 0.115. The van der Waals surface area contributed by atoms with Gasteiger partial charge in [-0.25, -0.2) is 0 Å². The molecule has 164 valence electrons. The topological polar surface area (TPSA) is 79.2 Å². The number of ether oxygens (including phenoxy) is 1. The number of amides is 1. The summed E-state index contributed by atoms with van der Waals surface area (Å²) in [7, 11) is 1.66. The van der Waals surface area contributed by atoms with Crippen LogP contribution in [0.15, 0.2) is 42.5 Å². The van der Waals surface area contributed by atoms with Gasteiger partial charge in [-0.05, 0) is 55.7 Å². The largest absolute Gasteiger partial charge is 0.497 e.